The van der Waals surface area contributed by atoms with Gasteiger partial charge >= 0.3 is 5.97 Å². The van der Waals surface area contributed by atoms with Gasteiger partial charge in [-0.2, -0.15) is 0 Å². The van der Waals surface area contributed by atoms with Crippen LogP contribution in [0.1, 0.15) is 28.8 Å². The largest absolute Gasteiger partial charge is 0.478 e. The highest BCUT2D eigenvalue weighted by atomic mass is 19.1. The average molecular weight is 194 g/mol. The molecule has 1 aliphatic rings. The second-order valence-corrected chi connectivity index (χ2v) is 3.80. The third-order valence-corrected chi connectivity index (χ3v) is 2.85. The zero-order chi connectivity index (χ0) is 10.2. The van der Waals surface area contributed by atoms with Gasteiger partial charge in [0.1, 0.15) is 0 Å². The number of carboxylic acids is 1. The molecule has 0 atom stereocenters. The number of carbonyl (C=O) groups is 1. The predicted molar refractivity (Wildman–Crippen MR) is 50.3 cm³/mol. The summed E-state index contributed by atoms with van der Waals surface area (Å²) in [6.07, 6.45) is 1.74. The molecule has 2 nitrogen and oxygen atoms in total. The number of hydrogen-bond acceptors (Lipinski definition) is 1. The SMILES string of the molecule is O=C(O)c1ccc(C2(CF)CC2)cc1. The Bertz CT molecular complexity index is 352. The molecule has 0 heterocycles. The van der Waals surface area contributed by atoms with Crippen LogP contribution in [0.4, 0.5) is 4.39 Å². The Kier molecular flexibility index (Phi) is 2.02. The van der Waals surface area contributed by atoms with Crippen LogP contribution in [-0.4, -0.2) is 17.8 Å². The van der Waals surface area contributed by atoms with Crippen molar-refractivity contribution in [2.45, 2.75) is 18.3 Å². The molecular formula is C11H11FO2. The second-order valence-electron chi connectivity index (χ2n) is 3.80. The summed E-state index contributed by atoms with van der Waals surface area (Å²) in [5, 5.41) is 8.68. The molecule has 0 radical (unpaired) electrons. The van der Waals surface area contributed by atoms with Crippen LogP contribution in [-0.2, 0) is 5.41 Å². The van der Waals surface area contributed by atoms with Gasteiger partial charge in [-0.25, -0.2) is 4.79 Å². The molecule has 0 bridgehead atoms. The summed E-state index contributed by atoms with van der Waals surface area (Å²) < 4.78 is 12.7. The summed E-state index contributed by atoms with van der Waals surface area (Å²) in [4.78, 5) is 10.6. The molecule has 0 saturated heterocycles. The summed E-state index contributed by atoms with van der Waals surface area (Å²) in [5.74, 6) is -0.943. The average Bonchev–Trinajstić information content (AvgIpc) is 2.99. The van der Waals surface area contributed by atoms with Gasteiger partial charge in [-0.05, 0) is 30.5 Å². The number of alkyl halides is 1. The van der Waals surface area contributed by atoms with E-state index < -0.39 is 5.97 Å². The highest BCUT2D eigenvalue weighted by molar-refractivity contribution is 5.87. The fourth-order valence-corrected chi connectivity index (χ4v) is 1.62. The Morgan fingerprint density at radius 1 is 1.36 bits per heavy atom. The minimum absolute atomic E-state index is 0.253. The van der Waals surface area contributed by atoms with Gasteiger partial charge in [-0.15, -0.1) is 0 Å². The van der Waals surface area contributed by atoms with Gasteiger partial charge in [0, 0.05) is 5.41 Å². The maximum absolute atomic E-state index is 12.7. The van der Waals surface area contributed by atoms with Gasteiger partial charge in [-0.3, -0.25) is 4.39 Å². The lowest BCUT2D eigenvalue weighted by Crippen LogP contribution is -2.09. The van der Waals surface area contributed by atoms with Gasteiger partial charge in [0.05, 0.1) is 12.2 Å². The van der Waals surface area contributed by atoms with Crippen molar-refractivity contribution in [3.05, 3.63) is 35.4 Å². The van der Waals surface area contributed by atoms with Crippen molar-refractivity contribution in [1.29, 1.82) is 0 Å². The minimum Gasteiger partial charge on any atom is -0.478 e. The normalized spacial score (nSPS) is 17.8. The number of halogens is 1. The van der Waals surface area contributed by atoms with Crippen molar-refractivity contribution in [2.75, 3.05) is 6.67 Å². The number of hydrogen-bond donors (Lipinski definition) is 1. The van der Waals surface area contributed by atoms with Crippen LogP contribution in [0.3, 0.4) is 0 Å². The van der Waals surface area contributed by atoms with E-state index in [1.54, 1.807) is 12.1 Å². The van der Waals surface area contributed by atoms with E-state index in [-0.39, 0.29) is 17.7 Å². The van der Waals surface area contributed by atoms with Crippen molar-refractivity contribution in [3.63, 3.8) is 0 Å². The van der Waals surface area contributed by atoms with Crippen LogP contribution in [0.5, 0.6) is 0 Å². The number of rotatable bonds is 3. The van der Waals surface area contributed by atoms with Gasteiger partial charge in [0.25, 0.3) is 0 Å². The maximum Gasteiger partial charge on any atom is 0.335 e. The quantitative estimate of drug-likeness (QED) is 0.802. The molecule has 2 rings (SSSR count). The molecule has 1 saturated carbocycles. The van der Waals surface area contributed by atoms with Crippen LogP contribution in [0.2, 0.25) is 0 Å². The summed E-state index contributed by atoms with van der Waals surface area (Å²) in [6, 6.07) is 6.51. The number of aromatic carboxylic acids is 1. The van der Waals surface area contributed by atoms with Crippen molar-refractivity contribution in [3.8, 4) is 0 Å². The molecular weight excluding hydrogens is 183 g/mol. The van der Waals surface area contributed by atoms with E-state index in [4.69, 9.17) is 5.11 Å². The van der Waals surface area contributed by atoms with E-state index in [0.717, 1.165) is 18.4 Å². The molecule has 3 heteroatoms. The van der Waals surface area contributed by atoms with E-state index in [1.165, 1.54) is 12.1 Å². The van der Waals surface area contributed by atoms with Gasteiger partial charge in [-0.1, -0.05) is 12.1 Å². The van der Waals surface area contributed by atoms with Crippen LogP contribution >= 0.6 is 0 Å². The third kappa shape index (κ3) is 1.39. The van der Waals surface area contributed by atoms with E-state index in [2.05, 4.69) is 0 Å². The molecule has 0 aliphatic heterocycles. The van der Waals surface area contributed by atoms with Crippen molar-refractivity contribution >= 4 is 5.97 Å². The van der Waals surface area contributed by atoms with E-state index in [0.29, 0.717) is 0 Å². The van der Waals surface area contributed by atoms with Crippen LogP contribution in [0, 0.1) is 0 Å². The standard InChI is InChI=1S/C11H11FO2/c12-7-11(5-6-11)9-3-1-8(2-4-9)10(13)14/h1-4H,5-7H2,(H,13,14). The molecule has 1 fully saturated rings. The van der Waals surface area contributed by atoms with E-state index in [1.807, 2.05) is 0 Å². The van der Waals surface area contributed by atoms with E-state index >= 15 is 0 Å². The molecule has 1 aromatic rings. The fraction of sp³-hybridized carbons (Fsp3) is 0.364. The lowest BCUT2D eigenvalue weighted by Gasteiger charge is -2.10. The predicted octanol–water partition coefficient (Wildman–Crippen LogP) is 2.39. The van der Waals surface area contributed by atoms with Crippen molar-refractivity contribution < 1.29 is 14.3 Å². The third-order valence-electron chi connectivity index (χ3n) is 2.85. The highest BCUT2D eigenvalue weighted by Gasteiger charge is 2.44. The minimum atomic E-state index is -0.943. The lowest BCUT2D eigenvalue weighted by atomic mass is 9.96. The smallest absolute Gasteiger partial charge is 0.335 e. The van der Waals surface area contributed by atoms with Gasteiger partial charge < -0.3 is 5.11 Å². The van der Waals surface area contributed by atoms with Gasteiger partial charge in [0.15, 0.2) is 0 Å². The molecule has 0 unspecified atom stereocenters. The van der Waals surface area contributed by atoms with Crippen LogP contribution in [0.25, 0.3) is 0 Å². The molecule has 1 aromatic carbocycles. The summed E-state index contributed by atoms with van der Waals surface area (Å²) in [5.41, 5.74) is 0.880. The first kappa shape index (κ1) is 9.19. The number of benzene rings is 1. The summed E-state index contributed by atoms with van der Waals surface area (Å²) in [6.45, 7) is -0.348. The zero-order valence-electron chi connectivity index (χ0n) is 7.66. The Morgan fingerprint density at radius 2 is 1.93 bits per heavy atom. The van der Waals surface area contributed by atoms with E-state index in [9.17, 15) is 9.18 Å². The lowest BCUT2D eigenvalue weighted by molar-refractivity contribution is 0.0697. The molecule has 1 N–H and O–H groups in total. The Labute approximate surface area is 81.4 Å². The van der Waals surface area contributed by atoms with Crippen molar-refractivity contribution in [2.24, 2.45) is 0 Å². The summed E-state index contributed by atoms with van der Waals surface area (Å²) in [7, 11) is 0. The topological polar surface area (TPSA) is 37.3 Å². The second kappa shape index (κ2) is 3.08. The van der Waals surface area contributed by atoms with Crippen LogP contribution < -0.4 is 0 Å². The first-order valence-electron chi connectivity index (χ1n) is 4.58. The molecule has 1 aliphatic carbocycles. The molecule has 74 valence electrons. The first-order chi connectivity index (χ1) is 6.68. The van der Waals surface area contributed by atoms with Crippen LogP contribution in [0.15, 0.2) is 24.3 Å². The van der Waals surface area contributed by atoms with Gasteiger partial charge in [0.2, 0.25) is 0 Å². The zero-order valence-corrected chi connectivity index (χ0v) is 7.66. The molecule has 0 amide bonds. The molecule has 0 spiro atoms. The Morgan fingerprint density at radius 3 is 2.29 bits per heavy atom. The first-order valence-corrected chi connectivity index (χ1v) is 4.58. The fourth-order valence-electron chi connectivity index (χ4n) is 1.62. The summed E-state index contributed by atoms with van der Waals surface area (Å²) >= 11 is 0. The molecule has 14 heavy (non-hydrogen) atoms. The monoisotopic (exact) mass is 194 g/mol. The van der Waals surface area contributed by atoms with Crippen molar-refractivity contribution in [1.82, 2.24) is 0 Å². The molecule has 0 aromatic heterocycles. The Hall–Kier alpha value is -1.38. The highest BCUT2D eigenvalue weighted by Crippen LogP contribution is 2.48. The Balaban J connectivity index is 2.26. The number of carboxylic acid groups (broad SMARTS) is 1. The maximum atomic E-state index is 12.7.